The molecule has 1 aromatic carbocycles. The minimum absolute atomic E-state index is 0.253. The number of hydrogen-bond donors (Lipinski definition) is 1. The van der Waals surface area contributed by atoms with E-state index in [4.69, 9.17) is 4.74 Å². The van der Waals surface area contributed by atoms with E-state index in [0.29, 0.717) is 0 Å². The normalized spacial score (nSPS) is 10.5. The Morgan fingerprint density at radius 2 is 2.00 bits per heavy atom. The van der Waals surface area contributed by atoms with E-state index in [1.807, 2.05) is 19.9 Å². The number of hydrogen-bond acceptors (Lipinski definition) is 2. The standard InChI is InChI=1S/C10H13BrO2/c1-6(2)10-8(12)4-7(11)5-9(10)13-3/h4-6,12H,1-3H3. The average molecular weight is 245 g/mol. The second-order valence-electron chi connectivity index (χ2n) is 3.20. The highest BCUT2D eigenvalue weighted by Gasteiger charge is 2.13. The first kappa shape index (κ1) is 10.4. The molecule has 0 saturated carbocycles. The molecule has 0 spiro atoms. The fraction of sp³-hybridized carbons (Fsp3) is 0.400. The van der Waals surface area contributed by atoms with E-state index in [1.54, 1.807) is 13.2 Å². The highest BCUT2D eigenvalue weighted by atomic mass is 79.9. The third-order valence-electron chi connectivity index (χ3n) is 1.88. The molecule has 1 rings (SSSR count). The summed E-state index contributed by atoms with van der Waals surface area (Å²) in [5, 5.41) is 9.66. The van der Waals surface area contributed by atoms with Crippen LogP contribution in [0.5, 0.6) is 11.5 Å². The van der Waals surface area contributed by atoms with Crippen molar-refractivity contribution >= 4 is 15.9 Å². The van der Waals surface area contributed by atoms with Crippen molar-refractivity contribution in [3.63, 3.8) is 0 Å². The van der Waals surface area contributed by atoms with Gasteiger partial charge in [0.15, 0.2) is 0 Å². The summed E-state index contributed by atoms with van der Waals surface area (Å²) in [5.41, 5.74) is 0.853. The van der Waals surface area contributed by atoms with Gasteiger partial charge in [0.1, 0.15) is 11.5 Å². The fourth-order valence-electron chi connectivity index (χ4n) is 1.33. The lowest BCUT2D eigenvalue weighted by molar-refractivity contribution is 0.396. The van der Waals surface area contributed by atoms with Gasteiger partial charge in [0.25, 0.3) is 0 Å². The van der Waals surface area contributed by atoms with Gasteiger partial charge in [0, 0.05) is 10.0 Å². The summed E-state index contributed by atoms with van der Waals surface area (Å²) in [4.78, 5) is 0. The summed E-state index contributed by atoms with van der Waals surface area (Å²) in [6.07, 6.45) is 0. The fourth-order valence-corrected chi connectivity index (χ4v) is 1.75. The zero-order valence-electron chi connectivity index (χ0n) is 7.97. The second kappa shape index (κ2) is 4.01. The van der Waals surface area contributed by atoms with Crippen LogP contribution >= 0.6 is 15.9 Å². The van der Waals surface area contributed by atoms with Crippen LogP contribution in [0.15, 0.2) is 16.6 Å². The second-order valence-corrected chi connectivity index (χ2v) is 4.11. The van der Waals surface area contributed by atoms with E-state index < -0.39 is 0 Å². The molecule has 0 aliphatic rings. The monoisotopic (exact) mass is 244 g/mol. The van der Waals surface area contributed by atoms with Crippen LogP contribution in [-0.4, -0.2) is 12.2 Å². The predicted molar refractivity (Wildman–Crippen MR) is 56.4 cm³/mol. The van der Waals surface area contributed by atoms with E-state index in [9.17, 15) is 5.11 Å². The van der Waals surface area contributed by atoms with Gasteiger partial charge in [-0.15, -0.1) is 0 Å². The molecule has 0 bridgehead atoms. The molecule has 0 saturated heterocycles. The van der Waals surface area contributed by atoms with Gasteiger partial charge in [-0.25, -0.2) is 0 Å². The summed E-state index contributed by atoms with van der Waals surface area (Å²) in [6, 6.07) is 3.53. The number of benzene rings is 1. The molecular formula is C10H13BrO2. The molecule has 0 aliphatic carbocycles. The van der Waals surface area contributed by atoms with E-state index in [2.05, 4.69) is 15.9 Å². The SMILES string of the molecule is COc1cc(Br)cc(O)c1C(C)C. The van der Waals surface area contributed by atoms with Crippen molar-refractivity contribution in [2.45, 2.75) is 19.8 Å². The first-order chi connectivity index (χ1) is 6.06. The molecule has 1 N–H and O–H groups in total. The zero-order valence-corrected chi connectivity index (χ0v) is 9.55. The van der Waals surface area contributed by atoms with Crippen molar-refractivity contribution in [2.75, 3.05) is 7.11 Å². The lowest BCUT2D eigenvalue weighted by Gasteiger charge is -2.13. The van der Waals surface area contributed by atoms with Crippen molar-refractivity contribution < 1.29 is 9.84 Å². The number of halogens is 1. The minimum Gasteiger partial charge on any atom is -0.507 e. The molecule has 2 nitrogen and oxygen atoms in total. The maximum atomic E-state index is 9.66. The number of aromatic hydroxyl groups is 1. The molecule has 0 amide bonds. The van der Waals surface area contributed by atoms with Crippen LogP contribution in [0.1, 0.15) is 25.3 Å². The lowest BCUT2D eigenvalue weighted by Crippen LogP contribution is -1.94. The van der Waals surface area contributed by atoms with E-state index in [0.717, 1.165) is 15.8 Å². The molecule has 0 radical (unpaired) electrons. The van der Waals surface area contributed by atoms with Gasteiger partial charge in [0.05, 0.1) is 7.11 Å². The van der Waals surface area contributed by atoms with Gasteiger partial charge in [-0.05, 0) is 18.1 Å². The van der Waals surface area contributed by atoms with Crippen LogP contribution in [0, 0.1) is 0 Å². The summed E-state index contributed by atoms with van der Waals surface area (Å²) in [6.45, 7) is 4.04. The first-order valence-corrected chi connectivity index (χ1v) is 4.92. The average Bonchev–Trinajstić information content (AvgIpc) is 2.01. The van der Waals surface area contributed by atoms with E-state index in [1.165, 1.54) is 0 Å². The van der Waals surface area contributed by atoms with Crippen LogP contribution in [0.2, 0.25) is 0 Å². The first-order valence-electron chi connectivity index (χ1n) is 4.12. The Bertz CT molecular complexity index is 308. The largest absolute Gasteiger partial charge is 0.507 e. The third kappa shape index (κ3) is 2.15. The number of phenols is 1. The predicted octanol–water partition coefficient (Wildman–Crippen LogP) is 3.29. The molecule has 0 aromatic heterocycles. The van der Waals surface area contributed by atoms with Gasteiger partial charge in [0.2, 0.25) is 0 Å². The van der Waals surface area contributed by atoms with Gasteiger partial charge in [-0.1, -0.05) is 29.8 Å². The molecule has 0 fully saturated rings. The van der Waals surface area contributed by atoms with Gasteiger partial charge < -0.3 is 9.84 Å². The molecule has 1 aromatic rings. The Hall–Kier alpha value is -0.700. The topological polar surface area (TPSA) is 29.5 Å². The quantitative estimate of drug-likeness (QED) is 0.866. The Balaban J connectivity index is 3.30. The van der Waals surface area contributed by atoms with E-state index >= 15 is 0 Å². The summed E-state index contributed by atoms with van der Waals surface area (Å²) in [7, 11) is 1.60. The van der Waals surface area contributed by atoms with Gasteiger partial charge in [-0.3, -0.25) is 0 Å². The minimum atomic E-state index is 0.253. The van der Waals surface area contributed by atoms with Crippen LogP contribution in [-0.2, 0) is 0 Å². The van der Waals surface area contributed by atoms with E-state index in [-0.39, 0.29) is 11.7 Å². The van der Waals surface area contributed by atoms with Crippen molar-refractivity contribution in [3.8, 4) is 11.5 Å². The van der Waals surface area contributed by atoms with Crippen molar-refractivity contribution in [1.29, 1.82) is 0 Å². The summed E-state index contributed by atoms with van der Waals surface area (Å²) in [5.74, 6) is 1.26. The highest BCUT2D eigenvalue weighted by molar-refractivity contribution is 9.10. The molecule has 0 atom stereocenters. The summed E-state index contributed by atoms with van der Waals surface area (Å²) >= 11 is 3.30. The lowest BCUT2D eigenvalue weighted by atomic mass is 10.0. The van der Waals surface area contributed by atoms with Crippen molar-refractivity contribution in [3.05, 3.63) is 22.2 Å². The van der Waals surface area contributed by atoms with Crippen LogP contribution in [0.4, 0.5) is 0 Å². The van der Waals surface area contributed by atoms with Gasteiger partial charge in [-0.2, -0.15) is 0 Å². The smallest absolute Gasteiger partial charge is 0.127 e. The van der Waals surface area contributed by atoms with Gasteiger partial charge >= 0.3 is 0 Å². The molecule has 13 heavy (non-hydrogen) atoms. The maximum Gasteiger partial charge on any atom is 0.127 e. The Morgan fingerprint density at radius 1 is 1.38 bits per heavy atom. The number of ether oxygens (including phenoxy) is 1. The van der Waals surface area contributed by atoms with Crippen LogP contribution < -0.4 is 4.74 Å². The number of rotatable bonds is 2. The molecule has 0 aliphatic heterocycles. The molecule has 72 valence electrons. The van der Waals surface area contributed by atoms with Crippen molar-refractivity contribution in [2.24, 2.45) is 0 Å². The highest BCUT2D eigenvalue weighted by Crippen LogP contribution is 2.36. The molecule has 0 heterocycles. The molecular weight excluding hydrogens is 232 g/mol. The number of methoxy groups -OCH3 is 1. The van der Waals surface area contributed by atoms with Crippen LogP contribution in [0.25, 0.3) is 0 Å². The Labute approximate surface area is 86.7 Å². The van der Waals surface area contributed by atoms with Crippen molar-refractivity contribution in [1.82, 2.24) is 0 Å². The maximum absolute atomic E-state index is 9.66. The van der Waals surface area contributed by atoms with Crippen LogP contribution in [0.3, 0.4) is 0 Å². The molecule has 0 unspecified atom stereocenters. The third-order valence-corrected chi connectivity index (χ3v) is 2.34. The Kier molecular flexibility index (Phi) is 3.20. The number of phenolic OH excluding ortho intramolecular Hbond substituents is 1. The summed E-state index contributed by atoms with van der Waals surface area (Å²) < 4.78 is 6.00. The zero-order chi connectivity index (χ0) is 10.0. The molecule has 3 heteroatoms. The Morgan fingerprint density at radius 3 is 2.46 bits per heavy atom.